The first-order chi connectivity index (χ1) is 8.11. The Hall–Kier alpha value is -2.00. The maximum Gasteiger partial charge on any atom is 0.0321 e. The SMILES string of the molecule is C#Cc1ccc(C)cc1-c1cc(C)ccc1C. The van der Waals surface area contributed by atoms with E-state index in [1.807, 2.05) is 6.07 Å². The zero-order valence-corrected chi connectivity index (χ0v) is 10.5. The zero-order chi connectivity index (χ0) is 12.4. The van der Waals surface area contributed by atoms with E-state index in [-0.39, 0.29) is 0 Å². The molecule has 0 fully saturated rings. The fourth-order valence-corrected chi connectivity index (χ4v) is 2.03. The van der Waals surface area contributed by atoms with Crippen molar-refractivity contribution in [1.29, 1.82) is 0 Å². The van der Waals surface area contributed by atoms with Gasteiger partial charge in [-0.1, -0.05) is 47.4 Å². The lowest BCUT2D eigenvalue weighted by molar-refractivity contribution is 1.37. The number of terminal acetylenes is 1. The zero-order valence-electron chi connectivity index (χ0n) is 10.5. The van der Waals surface area contributed by atoms with Crippen LogP contribution < -0.4 is 0 Å². The first-order valence-electron chi connectivity index (χ1n) is 5.76. The van der Waals surface area contributed by atoms with Crippen LogP contribution in [-0.2, 0) is 0 Å². The monoisotopic (exact) mass is 220 g/mol. The quantitative estimate of drug-likeness (QED) is 0.630. The van der Waals surface area contributed by atoms with Crippen LogP contribution in [-0.4, -0.2) is 0 Å². The van der Waals surface area contributed by atoms with Gasteiger partial charge in [0, 0.05) is 5.56 Å². The van der Waals surface area contributed by atoms with Gasteiger partial charge in [0.25, 0.3) is 0 Å². The average molecular weight is 220 g/mol. The lowest BCUT2D eigenvalue weighted by atomic mass is 9.93. The van der Waals surface area contributed by atoms with Gasteiger partial charge in [0.15, 0.2) is 0 Å². The molecule has 2 rings (SSSR count). The van der Waals surface area contributed by atoms with Gasteiger partial charge in [0.05, 0.1) is 0 Å². The van der Waals surface area contributed by atoms with E-state index in [1.54, 1.807) is 0 Å². The second-order valence-electron chi connectivity index (χ2n) is 4.51. The predicted octanol–water partition coefficient (Wildman–Crippen LogP) is 4.26. The summed E-state index contributed by atoms with van der Waals surface area (Å²) in [6.45, 7) is 6.32. The normalized spacial score (nSPS) is 10.0. The van der Waals surface area contributed by atoms with Crippen molar-refractivity contribution in [3.8, 4) is 23.5 Å². The molecule has 0 aliphatic heterocycles. The van der Waals surface area contributed by atoms with Crippen molar-refractivity contribution in [2.75, 3.05) is 0 Å². The van der Waals surface area contributed by atoms with Crippen LogP contribution in [0.1, 0.15) is 22.3 Å². The highest BCUT2D eigenvalue weighted by Gasteiger charge is 2.06. The van der Waals surface area contributed by atoms with Crippen LogP contribution in [0.5, 0.6) is 0 Å². The predicted molar refractivity (Wildman–Crippen MR) is 74.0 cm³/mol. The van der Waals surface area contributed by atoms with E-state index in [0.717, 1.165) is 11.1 Å². The molecule has 0 heteroatoms. The summed E-state index contributed by atoms with van der Waals surface area (Å²) in [6.07, 6.45) is 5.58. The van der Waals surface area contributed by atoms with Crippen molar-refractivity contribution in [3.63, 3.8) is 0 Å². The largest absolute Gasteiger partial charge is 0.115 e. The Morgan fingerprint density at radius 3 is 2.06 bits per heavy atom. The maximum atomic E-state index is 5.58. The van der Waals surface area contributed by atoms with Gasteiger partial charge in [0.1, 0.15) is 0 Å². The summed E-state index contributed by atoms with van der Waals surface area (Å²) in [7, 11) is 0. The van der Waals surface area contributed by atoms with Crippen LogP contribution in [0, 0.1) is 33.1 Å². The first-order valence-corrected chi connectivity index (χ1v) is 5.76. The summed E-state index contributed by atoms with van der Waals surface area (Å²) in [5, 5.41) is 0. The third-order valence-corrected chi connectivity index (χ3v) is 3.01. The Labute approximate surface area is 103 Å². The van der Waals surface area contributed by atoms with E-state index in [1.165, 1.54) is 22.3 Å². The van der Waals surface area contributed by atoms with Crippen molar-refractivity contribution in [2.24, 2.45) is 0 Å². The Balaban J connectivity index is 2.72. The summed E-state index contributed by atoms with van der Waals surface area (Å²) >= 11 is 0. The molecule has 0 aliphatic rings. The third-order valence-electron chi connectivity index (χ3n) is 3.01. The van der Waals surface area contributed by atoms with Gasteiger partial charge >= 0.3 is 0 Å². The van der Waals surface area contributed by atoms with E-state index >= 15 is 0 Å². The van der Waals surface area contributed by atoms with E-state index in [4.69, 9.17) is 6.42 Å². The van der Waals surface area contributed by atoms with Crippen molar-refractivity contribution in [2.45, 2.75) is 20.8 Å². The van der Waals surface area contributed by atoms with E-state index in [2.05, 4.69) is 57.0 Å². The molecule has 0 spiro atoms. The lowest BCUT2D eigenvalue weighted by Crippen LogP contribution is -1.90. The molecule has 0 saturated carbocycles. The summed E-state index contributed by atoms with van der Waals surface area (Å²) in [6, 6.07) is 12.7. The highest BCUT2D eigenvalue weighted by Crippen LogP contribution is 2.28. The number of hydrogen-bond acceptors (Lipinski definition) is 0. The minimum absolute atomic E-state index is 0.962. The fraction of sp³-hybridized carbons (Fsp3) is 0.176. The van der Waals surface area contributed by atoms with E-state index in [0.29, 0.717) is 0 Å². The standard InChI is InChI=1S/C17H16/c1-5-15-9-7-13(3)11-17(15)16-10-12(2)6-8-14(16)4/h1,6-11H,2-4H3. The van der Waals surface area contributed by atoms with Crippen LogP contribution in [0.2, 0.25) is 0 Å². The van der Waals surface area contributed by atoms with Crippen molar-refractivity contribution in [3.05, 3.63) is 58.7 Å². The summed E-state index contributed by atoms with van der Waals surface area (Å²) in [4.78, 5) is 0. The second-order valence-corrected chi connectivity index (χ2v) is 4.51. The van der Waals surface area contributed by atoms with Crippen LogP contribution in [0.25, 0.3) is 11.1 Å². The Bertz CT molecular complexity index is 598. The van der Waals surface area contributed by atoms with Gasteiger partial charge in [-0.2, -0.15) is 0 Å². The number of aryl methyl sites for hydroxylation is 3. The molecule has 0 aliphatic carbocycles. The van der Waals surface area contributed by atoms with E-state index < -0.39 is 0 Å². The number of benzene rings is 2. The van der Waals surface area contributed by atoms with Gasteiger partial charge in [-0.05, 0) is 43.5 Å². The maximum absolute atomic E-state index is 5.58. The molecule has 17 heavy (non-hydrogen) atoms. The topological polar surface area (TPSA) is 0 Å². The molecule has 0 unspecified atom stereocenters. The molecule has 2 aromatic carbocycles. The summed E-state index contributed by atoms with van der Waals surface area (Å²) in [5.74, 6) is 2.77. The lowest BCUT2D eigenvalue weighted by Gasteiger charge is -2.10. The molecule has 0 bridgehead atoms. The molecule has 0 atom stereocenters. The number of rotatable bonds is 1. The van der Waals surface area contributed by atoms with Crippen molar-refractivity contribution < 1.29 is 0 Å². The van der Waals surface area contributed by atoms with Crippen LogP contribution in [0.3, 0.4) is 0 Å². The minimum atomic E-state index is 0.962. The molecule has 2 aromatic rings. The molecular formula is C17H16. The molecule has 0 N–H and O–H groups in total. The Morgan fingerprint density at radius 1 is 0.824 bits per heavy atom. The molecule has 84 valence electrons. The van der Waals surface area contributed by atoms with Crippen LogP contribution in [0.15, 0.2) is 36.4 Å². The summed E-state index contributed by atoms with van der Waals surface area (Å²) in [5.41, 5.74) is 7.12. The van der Waals surface area contributed by atoms with Gasteiger partial charge < -0.3 is 0 Å². The molecule has 0 heterocycles. The highest BCUT2D eigenvalue weighted by atomic mass is 14.1. The Morgan fingerprint density at radius 2 is 1.41 bits per heavy atom. The van der Waals surface area contributed by atoms with Gasteiger partial charge in [-0.3, -0.25) is 0 Å². The average Bonchev–Trinajstić information content (AvgIpc) is 2.32. The minimum Gasteiger partial charge on any atom is -0.115 e. The molecule has 0 aromatic heterocycles. The van der Waals surface area contributed by atoms with Crippen molar-refractivity contribution >= 4 is 0 Å². The fourth-order valence-electron chi connectivity index (χ4n) is 2.03. The second kappa shape index (κ2) is 4.47. The first kappa shape index (κ1) is 11.5. The van der Waals surface area contributed by atoms with Crippen LogP contribution >= 0.6 is 0 Å². The molecular weight excluding hydrogens is 204 g/mol. The Kier molecular flexibility index (Phi) is 3.02. The smallest absolute Gasteiger partial charge is 0.0321 e. The van der Waals surface area contributed by atoms with Gasteiger partial charge in [-0.25, -0.2) is 0 Å². The van der Waals surface area contributed by atoms with Gasteiger partial charge in [-0.15, -0.1) is 6.42 Å². The third kappa shape index (κ3) is 2.24. The number of hydrogen-bond donors (Lipinski definition) is 0. The van der Waals surface area contributed by atoms with Gasteiger partial charge in [0.2, 0.25) is 0 Å². The highest BCUT2D eigenvalue weighted by molar-refractivity contribution is 5.74. The summed E-state index contributed by atoms with van der Waals surface area (Å²) < 4.78 is 0. The molecule has 0 saturated heterocycles. The van der Waals surface area contributed by atoms with Crippen LogP contribution in [0.4, 0.5) is 0 Å². The molecule has 0 radical (unpaired) electrons. The molecule has 0 amide bonds. The molecule has 0 nitrogen and oxygen atoms in total. The van der Waals surface area contributed by atoms with E-state index in [9.17, 15) is 0 Å². The van der Waals surface area contributed by atoms with Crippen molar-refractivity contribution in [1.82, 2.24) is 0 Å².